The van der Waals surface area contributed by atoms with Crippen LogP contribution in [0.5, 0.6) is 0 Å². The van der Waals surface area contributed by atoms with Crippen molar-refractivity contribution < 1.29 is 4.79 Å². The zero-order valence-corrected chi connectivity index (χ0v) is 15.9. The number of rotatable bonds is 5. The van der Waals surface area contributed by atoms with Gasteiger partial charge in [-0.05, 0) is 38.3 Å². The van der Waals surface area contributed by atoms with Crippen LogP contribution in [0.3, 0.4) is 0 Å². The average molecular weight is 351 g/mol. The molecular weight excluding hydrogens is 320 g/mol. The highest BCUT2D eigenvalue weighted by atomic mass is 32.1. The molecule has 1 aromatic heterocycles. The number of aromatic nitrogens is 1. The van der Waals surface area contributed by atoms with E-state index in [0.717, 1.165) is 52.2 Å². The molecule has 0 radical (unpaired) electrons. The molecule has 1 aromatic rings. The number of amides is 1. The smallest absolute Gasteiger partial charge is 0.236 e. The third kappa shape index (κ3) is 4.77. The zero-order valence-electron chi connectivity index (χ0n) is 15.0. The van der Waals surface area contributed by atoms with Crippen LogP contribution in [0.1, 0.15) is 48.9 Å². The lowest BCUT2D eigenvalue weighted by atomic mass is 10.2. The predicted molar refractivity (Wildman–Crippen MR) is 98.4 cm³/mol. The fourth-order valence-electron chi connectivity index (χ4n) is 3.45. The van der Waals surface area contributed by atoms with Gasteiger partial charge in [-0.15, -0.1) is 11.3 Å². The first-order valence-corrected chi connectivity index (χ1v) is 10.1. The molecule has 1 amide bonds. The van der Waals surface area contributed by atoms with Gasteiger partial charge in [0.1, 0.15) is 5.01 Å². The second kappa shape index (κ2) is 8.41. The van der Waals surface area contributed by atoms with Gasteiger partial charge in [0, 0.05) is 37.3 Å². The molecule has 0 bridgehead atoms. The van der Waals surface area contributed by atoms with E-state index in [4.69, 9.17) is 0 Å². The van der Waals surface area contributed by atoms with Crippen molar-refractivity contribution in [1.29, 1.82) is 0 Å². The van der Waals surface area contributed by atoms with Crippen LogP contribution in [0.25, 0.3) is 0 Å². The molecule has 134 valence electrons. The number of likely N-dealkylation sites (tertiary alicyclic amines) is 1. The van der Waals surface area contributed by atoms with Gasteiger partial charge in [-0.2, -0.15) is 0 Å². The van der Waals surface area contributed by atoms with Crippen LogP contribution in [0.4, 0.5) is 0 Å². The Balaban J connectivity index is 1.46. The lowest BCUT2D eigenvalue weighted by molar-refractivity contribution is -0.131. The number of hydrogen-bond acceptors (Lipinski definition) is 5. The molecule has 3 rings (SSSR count). The Kier molecular flexibility index (Phi) is 6.25. The molecule has 2 saturated heterocycles. The summed E-state index contributed by atoms with van der Waals surface area (Å²) in [6.45, 7) is 12.1. The SMILES string of the molecule is CC(C)c1cnc(CN2CCCN(CC(=O)N3CCCC3)CC2)s1. The Morgan fingerprint density at radius 1 is 1.08 bits per heavy atom. The first kappa shape index (κ1) is 17.8. The van der Waals surface area contributed by atoms with E-state index in [-0.39, 0.29) is 0 Å². The van der Waals surface area contributed by atoms with Gasteiger partial charge in [0.25, 0.3) is 0 Å². The summed E-state index contributed by atoms with van der Waals surface area (Å²) in [4.78, 5) is 25.1. The van der Waals surface area contributed by atoms with E-state index in [0.29, 0.717) is 18.4 Å². The summed E-state index contributed by atoms with van der Waals surface area (Å²) in [5.74, 6) is 0.884. The first-order chi connectivity index (χ1) is 11.6. The van der Waals surface area contributed by atoms with Gasteiger partial charge in [-0.25, -0.2) is 4.98 Å². The molecule has 6 heteroatoms. The number of carbonyl (C=O) groups is 1. The number of hydrogen-bond donors (Lipinski definition) is 0. The van der Waals surface area contributed by atoms with Crippen molar-refractivity contribution in [3.05, 3.63) is 16.1 Å². The molecule has 0 unspecified atom stereocenters. The third-order valence-corrected chi connectivity index (χ3v) is 6.28. The maximum atomic E-state index is 12.3. The van der Waals surface area contributed by atoms with Crippen molar-refractivity contribution in [3.8, 4) is 0 Å². The monoisotopic (exact) mass is 350 g/mol. The molecular formula is C18H30N4OS. The minimum absolute atomic E-state index is 0.322. The highest BCUT2D eigenvalue weighted by molar-refractivity contribution is 7.11. The van der Waals surface area contributed by atoms with Gasteiger partial charge in [-0.1, -0.05) is 13.8 Å². The van der Waals surface area contributed by atoms with E-state index in [1.54, 1.807) is 0 Å². The summed E-state index contributed by atoms with van der Waals surface area (Å²) in [6, 6.07) is 0. The van der Waals surface area contributed by atoms with Gasteiger partial charge < -0.3 is 4.90 Å². The fraction of sp³-hybridized carbons (Fsp3) is 0.778. The van der Waals surface area contributed by atoms with Crippen molar-refractivity contribution in [3.63, 3.8) is 0 Å². The molecule has 2 aliphatic rings. The van der Waals surface area contributed by atoms with Gasteiger partial charge in [0.05, 0.1) is 13.1 Å². The van der Waals surface area contributed by atoms with Gasteiger partial charge in [0.15, 0.2) is 0 Å². The van der Waals surface area contributed by atoms with Crippen LogP contribution in [-0.2, 0) is 11.3 Å². The van der Waals surface area contributed by atoms with Crippen molar-refractivity contribution in [1.82, 2.24) is 19.7 Å². The molecule has 3 heterocycles. The molecule has 0 spiro atoms. The Bertz CT molecular complexity index is 539. The van der Waals surface area contributed by atoms with Crippen LogP contribution in [-0.4, -0.2) is 71.4 Å². The second-order valence-electron chi connectivity index (χ2n) is 7.30. The lowest BCUT2D eigenvalue weighted by Crippen LogP contribution is -2.40. The number of thiazole rings is 1. The summed E-state index contributed by atoms with van der Waals surface area (Å²) in [5.41, 5.74) is 0. The van der Waals surface area contributed by atoms with E-state index < -0.39 is 0 Å². The molecule has 5 nitrogen and oxygen atoms in total. The highest BCUT2D eigenvalue weighted by Gasteiger charge is 2.22. The fourth-order valence-corrected chi connectivity index (χ4v) is 4.42. The minimum Gasteiger partial charge on any atom is -0.342 e. The molecule has 2 aliphatic heterocycles. The summed E-state index contributed by atoms with van der Waals surface area (Å²) < 4.78 is 0. The summed E-state index contributed by atoms with van der Waals surface area (Å²) >= 11 is 1.84. The highest BCUT2D eigenvalue weighted by Crippen LogP contribution is 2.23. The minimum atomic E-state index is 0.322. The second-order valence-corrected chi connectivity index (χ2v) is 8.45. The molecule has 24 heavy (non-hydrogen) atoms. The quantitative estimate of drug-likeness (QED) is 0.817. The Labute approximate surface area is 149 Å². The molecule has 0 atom stereocenters. The van der Waals surface area contributed by atoms with Gasteiger partial charge >= 0.3 is 0 Å². The third-order valence-electron chi connectivity index (χ3n) is 5.00. The van der Waals surface area contributed by atoms with E-state index in [1.807, 2.05) is 22.4 Å². The standard InChI is InChI=1S/C18H30N4OS/c1-15(2)16-12-19-17(24-16)13-20-6-5-7-21(11-10-20)14-18(23)22-8-3-4-9-22/h12,15H,3-11,13-14H2,1-2H3. The molecule has 2 fully saturated rings. The van der Waals surface area contributed by atoms with Crippen LogP contribution in [0.2, 0.25) is 0 Å². The van der Waals surface area contributed by atoms with Crippen molar-refractivity contribution in [2.75, 3.05) is 45.8 Å². The molecule has 0 saturated carbocycles. The van der Waals surface area contributed by atoms with Gasteiger partial charge in [-0.3, -0.25) is 14.6 Å². The van der Waals surface area contributed by atoms with Crippen molar-refractivity contribution >= 4 is 17.2 Å². The average Bonchev–Trinajstić information content (AvgIpc) is 3.19. The Morgan fingerprint density at radius 3 is 2.50 bits per heavy atom. The van der Waals surface area contributed by atoms with Crippen LogP contribution in [0, 0.1) is 0 Å². The van der Waals surface area contributed by atoms with Gasteiger partial charge in [0.2, 0.25) is 5.91 Å². The largest absolute Gasteiger partial charge is 0.342 e. The maximum Gasteiger partial charge on any atom is 0.236 e. The van der Waals surface area contributed by atoms with Crippen molar-refractivity contribution in [2.45, 2.75) is 45.6 Å². The number of carbonyl (C=O) groups excluding carboxylic acids is 1. The number of nitrogens with zero attached hydrogens (tertiary/aromatic N) is 4. The van der Waals surface area contributed by atoms with Crippen LogP contribution >= 0.6 is 11.3 Å². The maximum absolute atomic E-state index is 12.3. The summed E-state index contributed by atoms with van der Waals surface area (Å²) in [6.07, 6.45) is 5.51. The Hall–Kier alpha value is -0.980. The zero-order chi connectivity index (χ0) is 16.9. The van der Waals surface area contributed by atoms with Crippen LogP contribution < -0.4 is 0 Å². The Morgan fingerprint density at radius 2 is 1.79 bits per heavy atom. The molecule has 0 N–H and O–H groups in total. The van der Waals surface area contributed by atoms with E-state index in [2.05, 4.69) is 28.6 Å². The topological polar surface area (TPSA) is 39.7 Å². The summed E-state index contributed by atoms with van der Waals surface area (Å²) in [7, 11) is 0. The summed E-state index contributed by atoms with van der Waals surface area (Å²) in [5, 5.41) is 1.22. The lowest BCUT2D eigenvalue weighted by Gasteiger charge is -2.23. The van der Waals surface area contributed by atoms with Crippen molar-refractivity contribution in [2.24, 2.45) is 0 Å². The molecule has 0 aromatic carbocycles. The first-order valence-electron chi connectivity index (χ1n) is 9.29. The van der Waals surface area contributed by atoms with E-state index in [9.17, 15) is 4.79 Å². The van der Waals surface area contributed by atoms with E-state index >= 15 is 0 Å². The van der Waals surface area contributed by atoms with Crippen LogP contribution in [0.15, 0.2) is 6.20 Å². The predicted octanol–water partition coefficient (Wildman–Crippen LogP) is 2.40. The molecule has 0 aliphatic carbocycles. The normalized spacial score (nSPS) is 20.7. The van der Waals surface area contributed by atoms with E-state index in [1.165, 1.54) is 22.7 Å².